The normalized spacial score (nSPS) is 12.2. The van der Waals surface area contributed by atoms with Gasteiger partial charge < -0.3 is 4.42 Å². The predicted octanol–water partition coefficient (Wildman–Crippen LogP) is 2.23. The number of nitrogens with one attached hydrogen (secondary N) is 1. The highest BCUT2D eigenvalue weighted by molar-refractivity contribution is 5.76. The number of para-hydroxylation sites is 1. The molecular weight excluding hydrogens is 192 g/mol. The molecule has 2 rings (SSSR count). The molecule has 1 N–H and O–H groups in total. The maximum absolute atomic E-state index is 13.0. The Morgan fingerprint density at radius 3 is 2.79 bits per heavy atom. The van der Waals surface area contributed by atoms with Gasteiger partial charge in [0.1, 0.15) is 0 Å². The van der Waals surface area contributed by atoms with E-state index in [0.717, 1.165) is 6.92 Å². The van der Waals surface area contributed by atoms with Crippen molar-refractivity contribution >= 4 is 11.1 Å². The Morgan fingerprint density at radius 1 is 1.43 bits per heavy atom. The minimum atomic E-state index is -3.02. The second-order valence-electron chi connectivity index (χ2n) is 3.09. The third-order valence-electron chi connectivity index (χ3n) is 1.92. The number of hydrogen-bond acceptors (Lipinski definition) is 2. The van der Waals surface area contributed by atoms with Crippen molar-refractivity contribution in [2.45, 2.75) is 12.8 Å². The molecular formula is C9H7F2NO2. The first kappa shape index (κ1) is 8.93. The molecule has 0 saturated heterocycles. The largest absolute Gasteiger partial charge is 0.417 e. The third-order valence-corrected chi connectivity index (χ3v) is 1.92. The van der Waals surface area contributed by atoms with Gasteiger partial charge in [-0.1, -0.05) is 6.07 Å². The summed E-state index contributed by atoms with van der Waals surface area (Å²) in [4.78, 5) is 13.1. The lowest BCUT2D eigenvalue weighted by molar-refractivity contribution is 0.0181. The minimum absolute atomic E-state index is 0.0787. The lowest BCUT2D eigenvalue weighted by Crippen LogP contribution is -2.06. The summed E-state index contributed by atoms with van der Waals surface area (Å²) in [5.41, 5.74) is -0.0765. The van der Waals surface area contributed by atoms with Crippen LogP contribution in [0.1, 0.15) is 12.5 Å². The van der Waals surface area contributed by atoms with Gasteiger partial charge >= 0.3 is 5.76 Å². The first-order chi connectivity index (χ1) is 6.48. The number of fused-ring (bicyclic) bond motifs is 1. The van der Waals surface area contributed by atoms with Crippen LogP contribution in [0.3, 0.4) is 0 Å². The zero-order valence-electron chi connectivity index (χ0n) is 7.30. The molecule has 0 saturated carbocycles. The lowest BCUT2D eigenvalue weighted by atomic mass is 10.1. The first-order valence-electron chi connectivity index (χ1n) is 3.98. The van der Waals surface area contributed by atoms with E-state index in [1.165, 1.54) is 18.2 Å². The van der Waals surface area contributed by atoms with Crippen molar-refractivity contribution < 1.29 is 13.2 Å². The Labute approximate surface area is 77.3 Å². The summed E-state index contributed by atoms with van der Waals surface area (Å²) >= 11 is 0. The van der Waals surface area contributed by atoms with E-state index < -0.39 is 11.7 Å². The summed E-state index contributed by atoms with van der Waals surface area (Å²) in [6, 6.07) is 4.19. The number of H-pyrrole nitrogens is 1. The van der Waals surface area contributed by atoms with Gasteiger partial charge in [0.05, 0.1) is 11.1 Å². The SMILES string of the molecule is CC(F)(F)c1cccc2[nH]c(=O)oc12. The van der Waals surface area contributed by atoms with Gasteiger partial charge in [-0.2, -0.15) is 0 Å². The van der Waals surface area contributed by atoms with Crippen LogP contribution >= 0.6 is 0 Å². The molecule has 0 atom stereocenters. The minimum Gasteiger partial charge on any atom is -0.407 e. The highest BCUT2D eigenvalue weighted by atomic mass is 19.3. The molecule has 0 fully saturated rings. The first-order valence-corrected chi connectivity index (χ1v) is 3.98. The summed E-state index contributed by atoms with van der Waals surface area (Å²) in [5, 5.41) is 0. The van der Waals surface area contributed by atoms with Gasteiger partial charge in [-0.25, -0.2) is 13.6 Å². The van der Waals surface area contributed by atoms with E-state index >= 15 is 0 Å². The van der Waals surface area contributed by atoms with Crippen LogP contribution in [-0.4, -0.2) is 4.98 Å². The fourth-order valence-corrected chi connectivity index (χ4v) is 1.32. The number of alkyl halides is 2. The fraction of sp³-hybridized carbons (Fsp3) is 0.222. The molecule has 2 aromatic rings. The average molecular weight is 199 g/mol. The molecule has 1 heterocycles. The number of aromatic nitrogens is 1. The van der Waals surface area contributed by atoms with Gasteiger partial charge in [-0.05, 0) is 12.1 Å². The van der Waals surface area contributed by atoms with E-state index in [9.17, 15) is 13.6 Å². The molecule has 5 heteroatoms. The fourth-order valence-electron chi connectivity index (χ4n) is 1.32. The van der Waals surface area contributed by atoms with Crippen molar-refractivity contribution in [3.63, 3.8) is 0 Å². The molecule has 0 radical (unpaired) electrons. The second kappa shape index (κ2) is 2.67. The molecule has 1 aromatic heterocycles. The molecule has 0 bridgehead atoms. The average Bonchev–Trinajstić information content (AvgIpc) is 2.41. The van der Waals surface area contributed by atoms with Crippen LogP contribution in [0.25, 0.3) is 11.1 Å². The van der Waals surface area contributed by atoms with Gasteiger partial charge in [-0.3, -0.25) is 4.98 Å². The zero-order valence-corrected chi connectivity index (χ0v) is 7.30. The van der Waals surface area contributed by atoms with Crippen LogP contribution in [0, 0.1) is 0 Å². The molecule has 0 amide bonds. The molecule has 0 aliphatic carbocycles. The third kappa shape index (κ3) is 1.30. The van der Waals surface area contributed by atoms with E-state index in [2.05, 4.69) is 9.40 Å². The molecule has 74 valence electrons. The van der Waals surface area contributed by atoms with Crippen molar-refractivity contribution in [2.24, 2.45) is 0 Å². The Hall–Kier alpha value is -1.65. The molecule has 0 unspecified atom stereocenters. The van der Waals surface area contributed by atoms with E-state index in [1.807, 2.05) is 0 Å². The van der Waals surface area contributed by atoms with Crippen molar-refractivity contribution in [3.8, 4) is 0 Å². The van der Waals surface area contributed by atoms with Gasteiger partial charge in [-0.15, -0.1) is 0 Å². The van der Waals surface area contributed by atoms with E-state index in [1.54, 1.807) is 0 Å². The number of halogens is 2. The van der Waals surface area contributed by atoms with E-state index in [0.29, 0.717) is 0 Å². The monoisotopic (exact) mass is 199 g/mol. The molecule has 0 spiro atoms. The number of oxazole rings is 1. The van der Waals surface area contributed by atoms with Crippen LogP contribution in [0.4, 0.5) is 8.78 Å². The van der Waals surface area contributed by atoms with Crippen LogP contribution in [0.5, 0.6) is 0 Å². The zero-order chi connectivity index (χ0) is 10.3. The van der Waals surface area contributed by atoms with Crippen molar-refractivity contribution in [1.29, 1.82) is 0 Å². The lowest BCUT2D eigenvalue weighted by Gasteiger charge is -2.09. The van der Waals surface area contributed by atoms with Gasteiger partial charge in [0.2, 0.25) is 0 Å². The summed E-state index contributed by atoms with van der Waals surface area (Å²) in [7, 11) is 0. The van der Waals surface area contributed by atoms with Crippen LogP contribution in [0.2, 0.25) is 0 Å². The maximum atomic E-state index is 13.0. The summed E-state index contributed by atoms with van der Waals surface area (Å²) < 4.78 is 30.7. The number of benzene rings is 1. The molecule has 1 aromatic carbocycles. The van der Waals surface area contributed by atoms with Crippen LogP contribution < -0.4 is 5.76 Å². The summed E-state index contributed by atoms with van der Waals surface area (Å²) in [6.07, 6.45) is 0. The molecule has 0 aliphatic heterocycles. The molecule has 3 nitrogen and oxygen atoms in total. The number of aromatic amines is 1. The van der Waals surface area contributed by atoms with Crippen LogP contribution in [0.15, 0.2) is 27.4 Å². The Balaban J connectivity index is 2.83. The quantitative estimate of drug-likeness (QED) is 0.765. The number of hydrogen-bond donors (Lipinski definition) is 1. The molecule has 14 heavy (non-hydrogen) atoms. The van der Waals surface area contributed by atoms with Gasteiger partial charge in [0.15, 0.2) is 5.58 Å². The van der Waals surface area contributed by atoms with Crippen molar-refractivity contribution in [1.82, 2.24) is 4.98 Å². The van der Waals surface area contributed by atoms with E-state index in [-0.39, 0.29) is 16.7 Å². The smallest absolute Gasteiger partial charge is 0.407 e. The Bertz CT molecular complexity index is 521. The van der Waals surface area contributed by atoms with Crippen LogP contribution in [-0.2, 0) is 5.92 Å². The number of rotatable bonds is 1. The molecule has 0 aliphatic rings. The Kier molecular flexibility index (Phi) is 1.70. The van der Waals surface area contributed by atoms with Gasteiger partial charge in [0.25, 0.3) is 5.92 Å². The highest BCUT2D eigenvalue weighted by Gasteiger charge is 2.28. The topological polar surface area (TPSA) is 46.0 Å². The van der Waals surface area contributed by atoms with Crippen molar-refractivity contribution in [2.75, 3.05) is 0 Å². The maximum Gasteiger partial charge on any atom is 0.417 e. The second-order valence-corrected chi connectivity index (χ2v) is 3.09. The highest BCUT2D eigenvalue weighted by Crippen LogP contribution is 2.31. The summed E-state index contributed by atoms with van der Waals surface area (Å²) in [5.74, 6) is -3.74. The summed E-state index contributed by atoms with van der Waals surface area (Å²) in [6.45, 7) is 0.759. The van der Waals surface area contributed by atoms with Crippen molar-refractivity contribution in [3.05, 3.63) is 34.3 Å². The standard InChI is InChI=1S/C9H7F2NO2/c1-9(10,11)5-3-2-4-6-7(5)14-8(13)12-6/h2-4H,1H3,(H,12,13). The predicted molar refractivity (Wildman–Crippen MR) is 46.4 cm³/mol. The van der Waals surface area contributed by atoms with E-state index in [4.69, 9.17) is 0 Å². The van der Waals surface area contributed by atoms with Gasteiger partial charge in [0, 0.05) is 6.92 Å². The Morgan fingerprint density at radius 2 is 2.14 bits per heavy atom.